The molecular formula is C27H27N3O5S. The van der Waals surface area contributed by atoms with Gasteiger partial charge in [-0.1, -0.05) is 31.2 Å². The van der Waals surface area contributed by atoms with Gasteiger partial charge in [0.25, 0.3) is 10.0 Å². The number of methoxy groups -OCH3 is 1. The lowest BCUT2D eigenvalue weighted by Gasteiger charge is -2.51. The highest BCUT2D eigenvalue weighted by Crippen LogP contribution is 2.59. The molecular weight excluding hydrogens is 478 g/mol. The van der Waals surface area contributed by atoms with Crippen LogP contribution in [0.2, 0.25) is 0 Å². The molecule has 1 aliphatic heterocycles. The van der Waals surface area contributed by atoms with Gasteiger partial charge in [-0.2, -0.15) is 0 Å². The quantitative estimate of drug-likeness (QED) is 0.363. The number of hydrogen-bond donors (Lipinski definition) is 4. The lowest BCUT2D eigenvalue weighted by molar-refractivity contribution is 0.0696. The first-order valence-corrected chi connectivity index (χ1v) is 12.9. The Kier molecular flexibility index (Phi) is 5.57. The minimum Gasteiger partial charge on any atom is -0.497 e. The van der Waals surface area contributed by atoms with Crippen LogP contribution in [0.1, 0.15) is 40.9 Å². The summed E-state index contributed by atoms with van der Waals surface area (Å²) in [6.07, 6.45) is 4.63. The number of carboxylic acids is 1. The van der Waals surface area contributed by atoms with E-state index in [4.69, 9.17) is 10.5 Å². The molecule has 1 unspecified atom stereocenters. The van der Waals surface area contributed by atoms with E-state index >= 15 is 0 Å². The van der Waals surface area contributed by atoms with E-state index in [1.807, 2.05) is 12.2 Å². The third-order valence-electron chi connectivity index (χ3n) is 7.38. The molecule has 1 aliphatic carbocycles. The van der Waals surface area contributed by atoms with Crippen LogP contribution in [0.4, 0.5) is 11.4 Å². The maximum absolute atomic E-state index is 13.2. The standard InChI is InChI=1S/C27H27N3O5S/c1-26-14-3-15-27(26,28)22-16-21(36(33,34)30-19-8-10-20(35-2)11-9-19)12-13-23(22)29-24(26)17-4-6-18(7-5-17)25(31)32/h3-13,15-16,24,29-30H,14,28H2,1-2H3,(H,31,32)/t24?,26-,27-/m0/s1. The Bertz CT molecular complexity index is 1470. The number of allylic oxidation sites excluding steroid dienone is 1. The van der Waals surface area contributed by atoms with Crippen LogP contribution < -0.4 is 20.5 Å². The van der Waals surface area contributed by atoms with E-state index in [-0.39, 0.29) is 16.5 Å². The monoisotopic (exact) mass is 505 g/mol. The van der Waals surface area contributed by atoms with Crippen LogP contribution in [0.5, 0.6) is 5.75 Å². The second-order valence-electron chi connectivity index (χ2n) is 9.44. The average molecular weight is 506 g/mol. The van der Waals surface area contributed by atoms with Crippen molar-refractivity contribution in [2.75, 3.05) is 17.1 Å². The van der Waals surface area contributed by atoms with Gasteiger partial charge in [0.05, 0.1) is 29.1 Å². The molecule has 8 nitrogen and oxygen atoms in total. The minimum atomic E-state index is -3.87. The molecule has 36 heavy (non-hydrogen) atoms. The second kappa shape index (κ2) is 8.39. The van der Waals surface area contributed by atoms with Crippen molar-refractivity contribution in [3.8, 4) is 5.75 Å². The van der Waals surface area contributed by atoms with Crippen LogP contribution in [0.15, 0.2) is 83.8 Å². The Labute approximate surface area is 209 Å². The first-order valence-electron chi connectivity index (χ1n) is 11.5. The van der Waals surface area contributed by atoms with Crippen molar-refractivity contribution in [2.24, 2.45) is 11.1 Å². The van der Waals surface area contributed by atoms with Crippen molar-refractivity contribution >= 4 is 27.4 Å². The van der Waals surface area contributed by atoms with Gasteiger partial charge in [0.15, 0.2) is 0 Å². The number of carboxylic acid groups (broad SMARTS) is 1. The van der Waals surface area contributed by atoms with E-state index < -0.39 is 26.9 Å². The highest BCUT2D eigenvalue weighted by Gasteiger charge is 2.56. The van der Waals surface area contributed by atoms with Crippen LogP contribution in [0.25, 0.3) is 0 Å². The molecule has 0 saturated heterocycles. The third-order valence-corrected chi connectivity index (χ3v) is 8.76. The molecule has 186 valence electrons. The fourth-order valence-electron chi connectivity index (χ4n) is 5.22. The van der Waals surface area contributed by atoms with Crippen molar-refractivity contribution < 1.29 is 23.1 Å². The second-order valence-corrected chi connectivity index (χ2v) is 11.1. The summed E-state index contributed by atoms with van der Waals surface area (Å²) in [5.74, 6) is -0.357. The van der Waals surface area contributed by atoms with E-state index in [2.05, 4.69) is 17.0 Å². The van der Waals surface area contributed by atoms with Crippen molar-refractivity contribution in [2.45, 2.75) is 29.8 Å². The molecule has 0 spiro atoms. The fraction of sp³-hybridized carbons (Fsp3) is 0.222. The zero-order chi connectivity index (χ0) is 25.7. The van der Waals surface area contributed by atoms with E-state index in [0.717, 1.165) is 11.3 Å². The van der Waals surface area contributed by atoms with Crippen LogP contribution in [-0.2, 0) is 15.6 Å². The van der Waals surface area contributed by atoms with Gasteiger partial charge in [-0.25, -0.2) is 13.2 Å². The molecule has 0 radical (unpaired) electrons. The number of rotatable bonds is 6. The number of aromatic carboxylic acids is 1. The molecule has 3 aromatic carbocycles. The molecule has 0 bridgehead atoms. The largest absolute Gasteiger partial charge is 0.497 e. The first kappa shape index (κ1) is 23.9. The van der Waals surface area contributed by atoms with Crippen LogP contribution in [-0.4, -0.2) is 26.6 Å². The highest BCUT2D eigenvalue weighted by atomic mass is 32.2. The third kappa shape index (κ3) is 3.71. The Morgan fingerprint density at radius 3 is 2.44 bits per heavy atom. The molecule has 0 amide bonds. The maximum atomic E-state index is 13.2. The predicted octanol–water partition coefficient (Wildman–Crippen LogP) is 4.48. The van der Waals surface area contributed by atoms with Crippen molar-refractivity contribution in [3.05, 3.63) is 95.6 Å². The molecule has 3 aromatic rings. The molecule has 0 fully saturated rings. The van der Waals surface area contributed by atoms with Gasteiger partial charge in [0.1, 0.15) is 5.75 Å². The topological polar surface area (TPSA) is 131 Å². The van der Waals surface area contributed by atoms with E-state index in [9.17, 15) is 18.3 Å². The Morgan fingerprint density at radius 1 is 1.11 bits per heavy atom. The van der Waals surface area contributed by atoms with Gasteiger partial charge < -0.3 is 20.9 Å². The summed E-state index contributed by atoms with van der Waals surface area (Å²) < 4.78 is 34.2. The number of benzene rings is 3. The van der Waals surface area contributed by atoms with Crippen LogP contribution in [0, 0.1) is 5.41 Å². The normalized spacial score (nSPS) is 24.4. The van der Waals surface area contributed by atoms with E-state index in [1.165, 1.54) is 0 Å². The summed E-state index contributed by atoms with van der Waals surface area (Å²) in [5, 5.41) is 12.8. The number of carbonyl (C=O) groups is 1. The molecule has 0 aromatic heterocycles. The molecule has 1 heterocycles. The summed E-state index contributed by atoms with van der Waals surface area (Å²) >= 11 is 0. The van der Waals surface area contributed by atoms with Crippen LogP contribution in [0.3, 0.4) is 0 Å². The zero-order valence-electron chi connectivity index (χ0n) is 19.9. The van der Waals surface area contributed by atoms with Crippen molar-refractivity contribution in [3.63, 3.8) is 0 Å². The fourth-order valence-corrected chi connectivity index (χ4v) is 6.30. The minimum absolute atomic E-state index is 0.107. The number of anilines is 2. The Balaban J connectivity index is 1.52. The van der Waals surface area contributed by atoms with Gasteiger partial charge in [-0.05, 0) is 66.6 Å². The number of nitrogens with one attached hydrogen (secondary N) is 2. The molecule has 2 aliphatic rings. The highest BCUT2D eigenvalue weighted by molar-refractivity contribution is 7.92. The number of sulfonamides is 1. The van der Waals surface area contributed by atoms with Gasteiger partial charge in [-0.3, -0.25) is 4.72 Å². The van der Waals surface area contributed by atoms with Gasteiger partial charge in [-0.15, -0.1) is 0 Å². The van der Waals surface area contributed by atoms with Gasteiger partial charge in [0, 0.05) is 22.4 Å². The summed E-state index contributed by atoms with van der Waals surface area (Å²) in [6, 6.07) is 18.1. The average Bonchev–Trinajstić information content (AvgIpc) is 3.19. The summed E-state index contributed by atoms with van der Waals surface area (Å²) in [6.45, 7) is 2.06. The number of nitrogens with two attached hydrogens (primary N) is 1. The van der Waals surface area contributed by atoms with Gasteiger partial charge >= 0.3 is 5.97 Å². The summed E-state index contributed by atoms with van der Waals surface area (Å²) in [7, 11) is -2.33. The number of hydrogen-bond acceptors (Lipinski definition) is 6. The number of ether oxygens (including phenoxy) is 1. The Hall–Kier alpha value is -3.82. The zero-order valence-corrected chi connectivity index (χ0v) is 20.7. The molecule has 9 heteroatoms. The van der Waals surface area contributed by atoms with Gasteiger partial charge in [0.2, 0.25) is 0 Å². The molecule has 3 atom stereocenters. The molecule has 5 rings (SSSR count). The smallest absolute Gasteiger partial charge is 0.335 e. The predicted molar refractivity (Wildman–Crippen MR) is 138 cm³/mol. The summed E-state index contributed by atoms with van der Waals surface area (Å²) in [4.78, 5) is 11.4. The van der Waals surface area contributed by atoms with Crippen LogP contribution >= 0.6 is 0 Å². The lowest BCUT2D eigenvalue weighted by atomic mass is 9.61. The first-order chi connectivity index (χ1) is 17.1. The summed E-state index contributed by atoms with van der Waals surface area (Å²) in [5.41, 5.74) is 8.57. The SMILES string of the molecule is COc1ccc(NS(=O)(=O)c2ccc3c(c2)[C@@]2(N)C=CC[C@@]2(C)C(c2ccc(C(=O)O)cc2)N3)cc1. The lowest BCUT2D eigenvalue weighted by Crippen LogP contribution is -2.55. The number of fused-ring (bicyclic) bond motifs is 3. The van der Waals surface area contributed by atoms with E-state index in [0.29, 0.717) is 23.4 Å². The molecule has 5 N–H and O–H groups in total. The van der Waals surface area contributed by atoms with E-state index in [1.54, 1.807) is 73.8 Å². The Morgan fingerprint density at radius 2 is 1.81 bits per heavy atom. The molecule has 0 saturated carbocycles. The van der Waals surface area contributed by atoms with Crippen molar-refractivity contribution in [1.29, 1.82) is 0 Å². The maximum Gasteiger partial charge on any atom is 0.335 e. The van der Waals surface area contributed by atoms with Crippen molar-refractivity contribution in [1.82, 2.24) is 0 Å².